The van der Waals surface area contributed by atoms with Crippen LogP contribution in [0.25, 0.3) is 10.6 Å². The Balaban J connectivity index is 2.11. The van der Waals surface area contributed by atoms with Crippen molar-refractivity contribution in [2.75, 3.05) is 38.4 Å². The highest BCUT2D eigenvalue weighted by molar-refractivity contribution is 7.18. The first-order chi connectivity index (χ1) is 13.2. The van der Waals surface area contributed by atoms with E-state index >= 15 is 0 Å². The minimum absolute atomic E-state index is 0.0186. The Hall–Kier alpha value is -2.68. The van der Waals surface area contributed by atoms with Crippen LogP contribution in [0.15, 0.2) is 24.3 Å². The summed E-state index contributed by atoms with van der Waals surface area (Å²) in [7, 11) is 7.24. The van der Waals surface area contributed by atoms with E-state index < -0.39 is 6.04 Å². The maximum absolute atomic E-state index is 12.7. The Morgan fingerprint density at radius 1 is 1.11 bits per heavy atom. The topological polar surface area (TPSA) is 90.5 Å². The van der Waals surface area contributed by atoms with Gasteiger partial charge in [-0.2, -0.15) is 0 Å². The third-order valence-corrected chi connectivity index (χ3v) is 5.35. The highest BCUT2D eigenvalue weighted by atomic mass is 32.1. The van der Waals surface area contributed by atoms with Crippen LogP contribution in [-0.4, -0.2) is 61.3 Å². The van der Waals surface area contributed by atoms with E-state index in [0.717, 1.165) is 22.7 Å². The van der Waals surface area contributed by atoms with Gasteiger partial charge in [0.15, 0.2) is 0 Å². The molecule has 2 rings (SSSR count). The zero-order valence-electron chi connectivity index (χ0n) is 17.2. The smallest absolute Gasteiger partial charge is 0.317 e. The molecule has 28 heavy (non-hydrogen) atoms. The number of carbonyl (C=O) groups is 2. The first kappa shape index (κ1) is 21.6. The van der Waals surface area contributed by atoms with Crippen LogP contribution < -0.4 is 15.5 Å². The largest absolute Gasteiger partial charge is 0.378 e. The maximum Gasteiger partial charge on any atom is 0.317 e. The number of nitrogens with one attached hydrogen (secondary N) is 2. The number of anilines is 2. The van der Waals surface area contributed by atoms with Crippen molar-refractivity contribution in [3.05, 3.63) is 24.3 Å². The molecule has 0 saturated carbocycles. The van der Waals surface area contributed by atoms with Gasteiger partial charge >= 0.3 is 6.03 Å². The van der Waals surface area contributed by atoms with Crippen LogP contribution in [-0.2, 0) is 4.79 Å². The quantitative estimate of drug-likeness (QED) is 0.740. The van der Waals surface area contributed by atoms with Gasteiger partial charge in [-0.15, -0.1) is 10.2 Å². The molecule has 2 aromatic rings. The van der Waals surface area contributed by atoms with Gasteiger partial charge < -0.3 is 15.1 Å². The Labute approximate surface area is 169 Å². The third kappa shape index (κ3) is 5.41. The fourth-order valence-electron chi connectivity index (χ4n) is 2.44. The van der Waals surface area contributed by atoms with E-state index in [9.17, 15) is 9.59 Å². The molecule has 3 amide bonds. The highest BCUT2D eigenvalue weighted by Gasteiger charge is 2.27. The molecule has 0 spiro atoms. The number of amides is 3. The SMILES string of the molecule is CC[C@H](C)[C@@H](NC(=O)N(C)C)C(=O)Nc1nnc(-c2ccc(N(C)C)cc2)s1. The summed E-state index contributed by atoms with van der Waals surface area (Å²) in [6.45, 7) is 3.91. The fourth-order valence-corrected chi connectivity index (χ4v) is 3.19. The van der Waals surface area contributed by atoms with Crippen LogP contribution in [0.3, 0.4) is 0 Å². The molecule has 0 saturated heterocycles. The summed E-state index contributed by atoms with van der Waals surface area (Å²) in [5.74, 6) is -0.315. The Morgan fingerprint density at radius 3 is 2.29 bits per heavy atom. The minimum atomic E-state index is -0.647. The number of nitrogens with zero attached hydrogens (tertiary/aromatic N) is 4. The summed E-state index contributed by atoms with van der Waals surface area (Å²) < 4.78 is 0. The molecule has 0 bridgehead atoms. The van der Waals surface area contributed by atoms with Crippen molar-refractivity contribution >= 4 is 34.1 Å². The van der Waals surface area contributed by atoms with E-state index in [-0.39, 0.29) is 17.9 Å². The van der Waals surface area contributed by atoms with Crippen molar-refractivity contribution < 1.29 is 9.59 Å². The molecule has 0 radical (unpaired) electrons. The van der Waals surface area contributed by atoms with Crippen molar-refractivity contribution in [1.29, 1.82) is 0 Å². The summed E-state index contributed by atoms with van der Waals surface area (Å²) in [5.41, 5.74) is 2.03. The normalized spacial score (nSPS) is 12.8. The monoisotopic (exact) mass is 404 g/mol. The average molecular weight is 405 g/mol. The molecule has 2 N–H and O–H groups in total. The van der Waals surface area contributed by atoms with Crippen molar-refractivity contribution in [1.82, 2.24) is 20.4 Å². The molecule has 1 aromatic carbocycles. The predicted octanol–water partition coefficient (Wildman–Crippen LogP) is 2.90. The number of aromatic nitrogens is 2. The molecule has 9 heteroatoms. The number of hydrogen-bond donors (Lipinski definition) is 2. The first-order valence-corrected chi connectivity index (χ1v) is 9.94. The van der Waals surface area contributed by atoms with Crippen LogP contribution in [0.4, 0.5) is 15.6 Å². The lowest BCUT2D eigenvalue weighted by molar-refractivity contribution is -0.119. The van der Waals surface area contributed by atoms with Crippen LogP contribution >= 0.6 is 11.3 Å². The maximum atomic E-state index is 12.7. The van der Waals surface area contributed by atoms with Crippen LogP contribution in [0.1, 0.15) is 20.3 Å². The molecule has 1 heterocycles. The van der Waals surface area contributed by atoms with E-state index in [0.29, 0.717) is 5.13 Å². The zero-order valence-corrected chi connectivity index (χ0v) is 18.0. The Kier molecular flexibility index (Phi) is 7.33. The molecule has 0 unspecified atom stereocenters. The van der Waals surface area contributed by atoms with Crippen molar-refractivity contribution in [3.8, 4) is 10.6 Å². The van der Waals surface area contributed by atoms with E-state index in [2.05, 4.69) is 20.8 Å². The molecule has 0 fully saturated rings. The van der Waals surface area contributed by atoms with Crippen LogP contribution in [0.2, 0.25) is 0 Å². The summed E-state index contributed by atoms with van der Waals surface area (Å²) in [4.78, 5) is 28.2. The average Bonchev–Trinajstić information content (AvgIpc) is 3.13. The van der Waals surface area contributed by atoms with Gasteiger partial charge in [0, 0.05) is 39.4 Å². The summed E-state index contributed by atoms with van der Waals surface area (Å²) >= 11 is 1.30. The van der Waals surface area contributed by atoms with Crippen LogP contribution in [0, 0.1) is 5.92 Å². The second kappa shape index (κ2) is 9.50. The lowest BCUT2D eigenvalue weighted by Crippen LogP contribution is -2.50. The molecular weight excluding hydrogens is 376 g/mol. The molecule has 0 aliphatic heterocycles. The standard InChI is InChI=1S/C19H28N6O2S/c1-7-12(2)15(20-19(27)25(5)6)16(26)21-18-23-22-17(28-18)13-8-10-14(11-9-13)24(3)4/h8-12,15H,7H2,1-6H3,(H,20,27)(H,21,23,26)/t12-,15+/m0/s1. The zero-order chi connectivity index (χ0) is 20.8. The number of rotatable bonds is 7. The first-order valence-electron chi connectivity index (χ1n) is 9.12. The van der Waals surface area contributed by atoms with E-state index in [1.807, 2.05) is 57.1 Å². The predicted molar refractivity (Wildman–Crippen MR) is 114 cm³/mol. The van der Waals surface area contributed by atoms with Crippen molar-refractivity contribution in [2.24, 2.45) is 5.92 Å². The molecule has 8 nitrogen and oxygen atoms in total. The molecule has 2 atom stereocenters. The van der Waals surface area contributed by atoms with Gasteiger partial charge in [0.2, 0.25) is 11.0 Å². The summed E-state index contributed by atoms with van der Waals surface area (Å²) in [5, 5.41) is 14.9. The molecular formula is C19H28N6O2S. The molecule has 1 aromatic heterocycles. The van der Waals surface area contributed by atoms with E-state index in [4.69, 9.17) is 0 Å². The number of carbonyl (C=O) groups excluding carboxylic acids is 2. The second-order valence-corrected chi connectivity index (χ2v) is 8.03. The number of urea groups is 1. The highest BCUT2D eigenvalue weighted by Crippen LogP contribution is 2.28. The molecule has 152 valence electrons. The Bertz CT molecular complexity index is 803. The lowest BCUT2D eigenvalue weighted by Gasteiger charge is -2.24. The van der Waals surface area contributed by atoms with Gasteiger partial charge in [0.05, 0.1) is 0 Å². The fraction of sp³-hybridized carbons (Fsp3) is 0.474. The van der Waals surface area contributed by atoms with E-state index in [1.54, 1.807) is 14.1 Å². The van der Waals surface area contributed by atoms with Crippen molar-refractivity contribution in [3.63, 3.8) is 0 Å². The van der Waals surface area contributed by atoms with Gasteiger partial charge in [-0.1, -0.05) is 31.6 Å². The summed E-state index contributed by atoms with van der Waals surface area (Å²) in [6, 6.07) is 7.00. The third-order valence-electron chi connectivity index (χ3n) is 4.47. The Morgan fingerprint density at radius 2 is 1.75 bits per heavy atom. The second-order valence-electron chi connectivity index (χ2n) is 7.05. The van der Waals surface area contributed by atoms with Crippen LogP contribution in [0.5, 0.6) is 0 Å². The van der Waals surface area contributed by atoms with Crippen molar-refractivity contribution in [2.45, 2.75) is 26.3 Å². The van der Waals surface area contributed by atoms with Gasteiger partial charge in [-0.25, -0.2) is 4.79 Å². The number of benzene rings is 1. The number of hydrogen-bond acceptors (Lipinski definition) is 6. The molecule has 0 aliphatic carbocycles. The lowest BCUT2D eigenvalue weighted by atomic mass is 9.98. The minimum Gasteiger partial charge on any atom is -0.378 e. The molecule has 0 aliphatic rings. The van der Waals surface area contributed by atoms with Gasteiger partial charge in [-0.3, -0.25) is 10.1 Å². The summed E-state index contributed by atoms with van der Waals surface area (Å²) in [6.07, 6.45) is 0.755. The van der Waals surface area contributed by atoms with E-state index in [1.165, 1.54) is 16.2 Å². The van der Waals surface area contributed by atoms with Gasteiger partial charge in [0.1, 0.15) is 11.0 Å². The van der Waals surface area contributed by atoms with Gasteiger partial charge in [0.25, 0.3) is 0 Å². The van der Waals surface area contributed by atoms with Gasteiger partial charge in [-0.05, 0) is 30.2 Å².